The molecule has 0 saturated carbocycles. The third kappa shape index (κ3) is 5.41. The first-order chi connectivity index (χ1) is 13.7. The maximum Gasteiger partial charge on any atom is 0.416 e. The number of hydrogen-bond acceptors (Lipinski definition) is 4. The van der Waals surface area contributed by atoms with E-state index in [0.29, 0.717) is 16.4 Å². The van der Waals surface area contributed by atoms with Crippen LogP contribution in [0, 0.1) is 0 Å². The van der Waals surface area contributed by atoms with Crippen LogP contribution in [0.15, 0.2) is 59.6 Å². The molecule has 29 heavy (non-hydrogen) atoms. The van der Waals surface area contributed by atoms with Gasteiger partial charge in [0, 0.05) is 17.5 Å². The van der Waals surface area contributed by atoms with Gasteiger partial charge in [0.25, 0.3) is 0 Å². The van der Waals surface area contributed by atoms with Gasteiger partial charge in [-0.05, 0) is 54.8 Å². The number of nitrogens with zero attached hydrogens (tertiary/aromatic N) is 1. The zero-order valence-corrected chi connectivity index (χ0v) is 16.5. The van der Waals surface area contributed by atoms with Crippen LogP contribution in [-0.4, -0.2) is 16.8 Å². The van der Waals surface area contributed by atoms with E-state index in [1.807, 2.05) is 25.1 Å². The molecule has 0 spiro atoms. The fourth-order valence-electron chi connectivity index (χ4n) is 3.00. The molecule has 0 aromatic heterocycles. The van der Waals surface area contributed by atoms with Gasteiger partial charge < -0.3 is 11.1 Å². The summed E-state index contributed by atoms with van der Waals surface area (Å²) in [4.78, 5) is 16.8. The molecule has 2 aromatic carbocycles. The summed E-state index contributed by atoms with van der Waals surface area (Å²) in [6.07, 6.45) is -1.05. The maximum absolute atomic E-state index is 12.8. The lowest BCUT2D eigenvalue weighted by Crippen LogP contribution is -2.28. The average Bonchev–Trinajstić information content (AvgIpc) is 2.66. The standard InChI is InChI=1S/C21H20F3N3OS/c1-20(10-11-29-19(25)27-20)15-5-3-7-17(13-15)26-18(28)9-8-14-4-2-6-16(12-14)21(22,23)24/h2-9,12-13H,10-11H2,1H3,(H2,25,27)(H,26,28). The Morgan fingerprint density at radius 3 is 2.72 bits per heavy atom. The molecule has 4 nitrogen and oxygen atoms in total. The molecule has 3 rings (SSSR count). The quantitative estimate of drug-likeness (QED) is 0.684. The minimum absolute atomic E-state index is 0.292. The van der Waals surface area contributed by atoms with Crippen molar-refractivity contribution >= 4 is 34.6 Å². The summed E-state index contributed by atoms with van der Waals surface area (Å²) >= 11 is 1.52. The summed E-state index contributed by atoms with van der Waals surface area (Å²) in [6.45, 7) is 1.99. The molecule has 8 heteroatoms. The highest BCUT2D eigenvalue weighted by atomic mass is 32.2. The molecule has 1 atom stereocenters. The Balaban J connectivity index is 1.72. The number of carbonyl (C=O) groups is 1. The fraction of sp³-hybridized carbons (Fsp3) is 0.238. The fourth-order valence-corrected chi connectivity index (χ4v) is 3.98. The number of anilines is 1. The van der Waals surface area contributed by atoms with E-state index >= 15 is 0 Å². The van der Waals surface area contributed by atoms with Crippen LogP contribution in [0.3, 0.4) is 0 Å². The van der Waals surface area contributed by atoms with Crippen molar-refractivity contribution in [3.63, 3.8) is 0 Å². The van der Waals surface area contributed by atoms with Gasteiger partial charge in [-0.15, -0.1) is 0 Å². The molecule has 1 unspecified atom stereocenters. The van der Waals surface area contributed by atoms with Gasteiger partial charge in [0.05, 0.1) is 11.1 Å². The summed E-state index contributed by atoms with van der Waals surface area (Å²) in [7, 11) is 0. The molecule has 0 aliphatic carbocycles. The predicted molar refractivity (Wildman–Crippen MR) is 112 cm³/mol. The first kappa shape index (κ1) is 21.0. The Bertz CT molecular complexity index is 972. The molecule has 0 saturated heterocycles. The number of alkyl halides is 3. The second kappa shape index (κ2) is 8.32. The Labute approximate surface area is 171 Å². The largest absolute Gasteiger partial charge is 0.416 e. The van der Waals surface area contributed by atoms with E-state index in [1.54, 1.807) is 6.07 Å². The molecule has 3 N–H and O–H groups in total. The van der Waals surface area contributed by atoms with E-state index in [9.17, 15) is 18.0 Å². The van der Waals surface area contributed by atoms with Crippen molar-refractivity contribution in [3.8, 4) is 0 Å². The molecule has 1 aliphatic heterocycles. The first-order valence-electron chi connectivity index (χ1n) is 8.91. The van der Waals surface area contributed by atoms with Crippen molar-refractivity contribution in [2.45, 2.75) is 25.1 Å². The molecular weight excluding hydrogens is 399 g/mol. The minimum Gasteiger partial charge on any atom is -0.379 e. The number of hydrogen-bond donors (Lipinski definition) is 2. The number of amidine groups is 1. The summed E-state index contributed by atoms with van der Waals surface area (Å²) < 4.78 is 38.3. The Morgan fingerprint density at radius 1 is 1.24 bits per heavy atom. The van der Waals surface area contributed by atoms with E-state index in [-0.39, 0.29) is 0 Å². The molecule has 152 valence electrons. The third-order valence-corrected chi connectivity index (χ3v) is 5.38. The number of aliphatic imine (C=N–C) groups is 1. The van der Waals surface area contributed by atoms with Crippen LogP contribution in [0.2, 0.25) is 0 Å². The van der Waals surface area contributed by atoms with Gasteiger partial charge in [-0.25, -0.2) is 0 Å². The molecule has 1 amide bonds. The lowest BCUT2D eigenvalue weighted by atomic mass is 9.89. The Hall–Kier alpha value is -2.74. The highest BCUT2D eigenvalue weighted by molar-refractivity contribution is 8.13. The maximum atomic E-state index is 12.8. The van der Waals surface area contributed by atoms with E-state index in [1.165, 1.54) is 36.0 Å². The first-order valence-corrected chi connectivity index (χ1v) is 9.89. The Morgan fingerprint density at radius 2 is 2.00 bits per heavy atom. The number of amides is 1. The monoisotopic (exact) mass is 419 g/mol. The third-order valence-electron chi connectivity index (χ3n) is 4.59. The van der Waals surface area contributed by atoms with Crippen molar-refractivity contribution in [1.29, 1.82) is 0 Å². The van der Waals surface area contributed by atoms with Crippen LogP contribution in [0.25, 0.3) is 6.08 Å². The van der Waals surface area contributed by atoms with Gasteiger partial charge in [-0.3, -0.25) is 9.79 Å². The summed E-state index contributed by atoms with van der Waals surface area (Å²) in [5.41, 5.74) is 6.45. The van der Waals surface area contributed by atoms with Gasteiger partial charge in [-0.2, -0.15) is 13.2 Å². The normalized spacial score (nSPS) is 19.8. The van der Waals surface area contributed by atoms with Crippen molar-refractivity contribution in [1.82, 2.24) is 0 Å². The number of benzene rings is 2. The highest BCUT2D eigenvalue weighted by Gasteiger charge is 2.30. The van der Waals surface area contributed by atoms with Crippen LogP contribution in [0.5, 0.6) is 0 Å². The van der Waals surface area contributed by atoms with Crippen LogP contribution < -0.4 is 11.1 Å². The number of carbonyl (C=O) groups excluding carboxylic acids is 1. The topological polar surface area (TPSA) is 67.5 Å². The minimum atomic E-state index is -4.42. The van der Waals surface area contributed by atoms with Crippen molar-refractivity contribution < 1.29 is 18.0 Å². The van der Waals surface area contributed by atoms with Crippen molar-refractivity contribution in [2.75, 3.05) is 11.1 Å². The van der Waals surface area contributed by atoms with E-state index in [2.05, 4.69) is 10.3 Å². The smallest absolute Gasteiger partial charge is 0.379 e. The lowest BCUT2D eigenvalue weighted by Gasteiger charge is -2.30. The second-order valence-corrected chi connectivity index (χ2v) is 7.96. The van der Waals surface area contributed by atoms with Crippen LogP contribution in [0.1, 0.15) is 30.0 Å². The van der Waals surface area contributed by atoms with Crippen LogP contribution in [-0.2, 0) is 16.5 Å². The number of nitrogens with two attached hydrogens (primary N) is 1. The van der Waals surface area contributed by atoms with Gasteiger partial charge in [0.2, 0.25) is 5.91 Å². The predicted octanol–water partition coefficient (Wildman–Crippen LogP) is 5.02. The van der Waals surface area contributed by atoms with E-state index in [4.69, 9.17) is 5.73 Å². The van der Waals surface area contributed by atoms with Gasteiger partial charge in [0.1, 0.15) is 0 Å². The zero-order chi connectivity index (χ0) is 21.1. The molecular formula is C21H20F3N3OS. The number of rotatable bonds is 4. The van der Waals surface area contributed by atoms with Gasteiger partial charge >= 0.3 is 6.18 Å². The summed E-state index contributed by atoms with van der Waals surface area (Å²) in [5, 5.41) is 3.27. The highest BCUT2D eigenvalue weighted by Crippen LogP contribution is 2.36. The van der Waals surface area contributed by atoms with Crippen molar-refractivity contribution in [3.05, 3.63) is 71.3 Å². The molecule has 2 aromatic rings. The second-order valence-electron chi connectivity index (χ2n) is 6.85. The van der Waals surface area contributed by atoms with Gasteiger partial charge in [0.15, 0.2) is 5.17 Å². The summed E-state index contributed by atoms with van der Waals surface area (Å²) in [5.74, 6) is 0.425. The summed E-state index contributed by atoms with van der Waals surface area (Å²) in [6, 6.07) is 12.1. The Kier molecular flexibility index (Phi) is 6.02. The molecule has 1 aliphatic rings. The lowest BCUT2D eigenvalue weighted by molar-refractivity contribution is -0.137. The molecule has 0 fully saturated rings. The van der Waals surface area contributed by atoms with Crippen molar-refractivity contribution in [2.24, 2.45) is 10.7 Å². The number of nitrogens with one attached hydrogen (secondary N) is 1. The van der Waals surface area contributed by atoms with E-state index < -0.39 is 23.2 Å². The SMILES string of the molecule is CC1(c2cccc(NC(=O)C=Cc3cccc(C(F)(F)F)c3)c2)CCSC(N)=N1. The average molecular weight is 419 g/mol. The number of thioether (sulfide) groups is 1. The molecule has 1 heterocycles. The van der Waals surface area contributed by atoms with E-state index in [0.717, 1.165) is 29.9 Å². The molecule has 0 bridgehead atoms. The van der Waals surface area contributed by atoms with Gasteiger partial charge in [-0.1, -0.05) is 36.0 Å². The van der Waals surface area contributed by atoms with Crippen LogP contribution in [0.4, 0.5) is 18.9 Å². The molecule has 0 radical (unpaired) electrons. The van der Waals surface area contributed by atoms with Crippen LogP contribution >= 0.6 is 11.8 Å². The number of halogens is 3. The zero-order valence-electron chi connectivity index (χ0n) is 15.7.